The summed E-state index contributed by atoms with van der Waals surface area (Å²) in [7, 11) is 0. The summed E-state index contributed by atoms with van der Waals surface area (Å²) in [5, 5.41) is 0. The Labute approximate surface area is 125 Å². The Hall–Kier alpha value is -2.10. The molecule has 0 amide bonds. The zero-order chi connectivity index (χ0) is 14.5. The van der Waals surface area contributed by atoms with Crippen molar-refractivity contribution in [3.63, 3.8) is 0 Å². The molecule has 1 aliphatic rings. The van der Waals surface area contributed by atoms with Crippen molar-refractivity contribution in [1.82, 2.24) is 9.97 Å². The first-order valence-corrected chi connectivity index (χ1v) is 7.52. The lowest BCUT2D eigenvalue weighted by Gasteiger charge is -2.33. The van der Waals surface area contributed by atoms with Crippen molar-refractivity contribution in [1.29, 1.82) is 0 Å². The average molecular weight is 283 g/mol. The Morgan fingerprint density at radius 2 is 2.10 bits per heavy atom. The van der Waals surface area contributed by atoms with Crippen molar-refractivity contribution < 1.29 is 4.74 Å². The Kier molecular flexibility index (Phi) is 4.34. The highest BCUT2D eigenvalue weighted by Gasteiger charge is 2.21. The quantitative estimate of drug-likeness (QED) is 0.864. The molecule has 1 saturated heterocycles. The van der Waals surface area contributed by atoms with Crippen LogP contribution < -0.4 is 9.64 Å². The molecule has 2 aromatic rings. The molecule has 4 heteroatoms. The van der Waals surface area contributed by atoms with Gasteiger partial charge in [-0.1, -0.05) is 0 Å². The molecule has 110 valence electrons. The van der Waals surface area contributed by atoms with Gasteiger partial charge in [0.25, 0.3) is 0 Å². The number of rotatable bonds is 4. The number of pyridine rings is 2. The molecule has 0 spiro atoms. The Morgan fingerprint density at radius 3 is 2.90 bits per heavy atom. The summed E-state index contributed by atoms with van der Waals surface area (Å²) in [5.74, 6) is 2.54. The van der Waals surface area contributed by atoms with Crippen LogP contribution in [0.15, 0.2) is 42.9 Å². The normalized spacial score (nSPS) is 18.5. The summed E-state index contributed by atoms with van der Waals surface area (Å²) >= 11 is 0. The molecule has 0 aromatic carbocycles. The van der Waals surface area contributed by atoms with E-state index >= 15 is 0 Å². The Bertz CT molecular complexity index is 573. The van der Waals surface area contributed by atoms with Gasteiger partial charge in [0, 0.05) is 37.6 Å². The molecule has 0 bridgehead atoms. The number of aryl methyl sites for hydroxylation is 1. The van der Waals surface area contributed by atoms with Crippen molar-refractivity contribution >= 4 is 5.82 Å². The van der Waals surface area contributed by atoms with Gasteiger partial charge in [-0.05, 0) is 49.6 Å². The summed E-state index contributed by atoms with van der Waals surface area (Å²) in [4.78, 5) is 10.9. The van der Waals surface area contributed by atoms with Gasteiger partial charge in [-0.25, -0.2) is 4.98 Å². The Morgan fingerprint density at radius 1 is 1.24 bits per heavy atom. The minimum absolute atomic E-state index is 0.550. The maximum atomic E-state index is 5.87. The lowest BCUT2D eigenvalue weighted by molar-refractivity contribution is 0.228. The van der Waals surface area contributed by atoms with E-state index in [0.29, 0.717) is 5.92 Å². The van der Waals surface area contributed by atoms with Crippen LogP contribution in [0.3, 0.4) is 0 Å². The molecule has 1 fully saturated rings. The number of piperidine rings is 1. The molecule has 21 heavy (non-hydrogen) atoms. The monoisotopic (exact) mass is 283 g/mol. The smallest absolute Gasteiger partial charge is 0.128 e. The van der Waals surface area contributed by atoms with Crippen LogP contribution in [0, 0.1) is 12.8 Å². The maximum Gasteiger partial charge on any atom is 0.128 e. The SMILES string of the molecule is Cc1ccnc(N2CCCC(COc3ccncc3)C2)c1. The molecule has 0 radical (unpaired) electrons. The van der Waals surface area contributed by atoms with Gasteiger partial charge in [-0.3, -0.25) is 4.98 Å². The largest absolute Gasteiger partial charge is 0.493 e. The van der Waals surface area contributed by atoms with Crippen LogP contribution in [0.4, 0.5) is 5.82 Å². The summed E-state index contributed by atoms with van der Waals surface area (Å²) in [6.07, 6.45) is 7.83. The zero-order valence-electron chi connectivity index (χ0n) is 12.4. The summed E-state index contributed by atoms with van der Waals surface area (Å²) in [6, 6.07) is 8.01. The van der Waals surface area contributed by atoms with E-state index < -0.39 is 0 Å². The minimum Gasteiger partial charge on any atom is -0.493 e. The van der Waals surface area contributed by atoms with Crippen LogP contribution in [0.2, 0.25) is 0 Å². The number of hydrogen-bond acceptors (Lipinski definition) is 4. The Balaban J connectivity index is 1.58. The molecule has 3 heterocycles. The second-order valence-electron chi connectivity index (χ2n) is 5.64. The van der Waals surface area contributed by atoms with Crippen molar-refractivity contribution in [2.45, 2.75) is 19.8 Å². The van der Waals surface area contributed by atoms with Gasteiger partial charge >= 0.3 is 0 Å². The number of anilines is 1. The molecule has 1 atom stereocenters. The van der Waals surface area contributed by atoms with Crippen LogP contribution in [0.25, 0.3) is 0 Å². The number of nitrogens with zero attached hydrogens (tertiary/aromatic N) is 3. The summed E-state index contributed by atoms with van der Waals surface area (Å²) in [6.45, 7) is 4.97. The number of aromatic nitrogens is 2. The maximum absolute atomic E-state index is 5.87. The van der Waals surface area contributed by atoms with E-state index in [1.54, 1.807) is 12.4 Å². The third-order valence-corrected chi connectivity index (χ3v) is 3.88. The van der Waals surface area contributed by atoms with Gasteiger partial charge in [0.15, 0.2) is 0 Å². The van der Waals surface area contributed by atoms with E-state index in [-0.39, 0.29) is 0 Å². The van der Waals surface area contributed by atoms with Crippen LogP contribution in [0.5, 0.6) is 5.75 Å². The van der Waals surface area contributed by atoms with E-state index in [1.165, 1.54) is 18.4 Å². The van der Waals surface area contributed by atoms with Gasteiger partial charge in [0.05, 0.1) is 6.61 Å². The van der Waals surface area contributed by atoms with E-state index in [4.69, 9.17) is 4.74 Å². The topological polar surface area (TPSA) is 38.2 Å². The zero-order valence-corrected chi connectivity index (χ0v) is 12.4. The van der Waals surface area contributed by atoms with E-state index in [0.717, 1.165) is 31.3 Å². The third-order valence-electron chi connectivity index (χ3n) is 3.88. The number of ether oxygens (including phenoxy) is 1. The third kappa shape index (κ3) is 3.72. The van der Waals surface area contributed by atoms with Crippen LogP contribution in [0.1, 0.15) is 18.4 Å². The molecule has 0 N–H and O–H groups in total. The predicted octanol–water partition coefficient (Wildman–Crippen LogP) is 3.08. The number of hydrogen-bond donors (Lipinski definition) is 0. The first kappa shape index (κ1) is 13.9. The first-order valence-electron chi connectivity index (χ1n) is 7.52. The fraction of sp³-hybridized carbons (Fsp3) is 0.412. The first-order chi connectivity index (χ1) is 10.3. The lowest BCUT2D eigenvalue weighted by atomic mass is 9.99. The van der Waals surface area contributed by atoms with Crippen LogP contribution in [-0.2, 0) is 0 Å². The highest BCUT2D eigenvalue weighted by atomic mass is 16.5. The van der Waals surface area contributed by atoms with Gasteiger partial charge in [0.1, 0.15) is 11.6 Å². The van der Waals surface area contributed by atoms with E-state index in [2.05, 4.69) is 27.9 Å². The highest BCUT2D eigenvalue weighted by Crippen LogP contribution is 2.23. The average Bonchev–Trinajstić information content (AvgIpc) is 2.54. The second-order valence-corrected chi connectivity index (χ2v) is 5.64. The van der Waals surface area contributed by atoms with Gasteiger partial charge < -0.3 is 9.64 Å². The van der Waals surface area contributed by atoms with Crippen molar-refractivity contribution in [3.8, 4) is 5.75 Å². The standard InChI is InChI=1S/C17H21N3O/c1-14-4-9-19-17(11-14)20-10-2-3-15(12-20)13-21-16-5-7-18-8-6-16/h4-9,11,15H,2-3,10,12-13H2,1H3. The van der Waals surface area contributed by atoms with Crippen LogP contribution in [-0.4, -0.2) is 29.7 Å². The van der Waals surface area contributed by atoms with Crippen molar-refractivity contribution in [2.75, 3.05) is 24.6 Å². The summed E-state index contributed by atoms with van der Waals surface area (Å²) < 4.78 is 5.87. The molecule has 4 nitrogen and oxygen atoms in total. The molecule has 0 aliphatic carbocycles. The van der Waals surface area contributed by atoms with E-state index in [1.807, 2.05) is 24.4 Å². The molecular weight excluding hydrogens is 262 g/mol. The molecule has 1 unspecified atom stereocenters. The highest BCUT2D eigenvalue weighted by molar-refractivity contribution is 5.41. The molecule has 0 saturated carbocycles. The lowest BCUT2D eigenvalue weighted by Crippen LogP contribution is -2.38. The van der Waals surface area contributed by atoms with Crippen molar-refractivity contribution in [2.24, 2.45) is 5.92 Å². The fourth-order valence-corrected chi connectivity index (χ4v) is 2.75. The van der Waals surface area contributed by atoms with Gasteiger partial charge in [-0.2, -0.15) is 0 Å². The molecule has 3 rings (SSSR count). The summed E-state index contributed by atoms with van der Waals surface area (Å²) in [5.41, 5.74) is 1.26. The predicted molar refractivity (Wildman–Crippen MR) is 83.6 cm³/mol. The fourth-order valence-electron chi connectivity index (χ4n) is 2.75. The minimum atomic E-state index is 0.550. The van der Waals surface area contributed by atoms with Gasteiger partial charge in [0.2, 0.25) is 0 Å². The van der Waals surface area contributed by atoms with Crippen LogP contribution >= 0.6 is 0 Å². The molecule has 2 aromatic heterocycles. The van der Waals surface area contributed by atoms with E-state index in [9.17, 15) is 0 Å². The molecular formula is C17H21N3O. The second kappa shape index (κ2) is 6.57. The van der Waals surface area contributed by atoms with Gasteiger partial charge in [-0.15, -0.1) is 0 Å². The van der Waals surface area contributed by atoms with Crippen molar-refractivity contribution in [3.05, 3.63) is 48.4 Å². The molecule has 1 aliphatic heterocycles.